The summed E-state index contributed by atoms with van der Waals surface area (Å²) < 4.78 is 24.3. The molecule has 3 aromatic rings. The van der Waals surface area contributed by atoms with Crippen molar-refractivity contribution in [1.29, 1.82) is 0 Å². The van der Waals surface area contributed by atoms with Crippen LogP contribution in [-0.2, 0) is 7.05 Å². The highest BCUT2D eigenvalue weighted by Crippen LogP contribution is 2.39. The first-order valence-corrected chi connectivity index (χ1v) is 12.3. The normalized spacial score (nSPS) is 16.2. The SMILES string of the molecule is CNSNC1CN(c2cn(C3CC3)c(=O)c3c(Nc4ccc(C)cc4F)n(C)c(=O)c(C)c23)C1. The number of anilines is 3. The predicted molar refractivity (Wildman–Crippen MR) is 137 cm³/mol. The molecule has 1 saturated carbocycles. The number of aryl methyl sites for hydroxylation is 2. The maximum Gasteiger partial charge on any atom is 0.262 e. The average molecular weight is 485 g/mol. The van der Waals surface area contributed by atoms with Gasteiger partial charge in [-0.2, -0.15) is 0 Å². The standard InChI is InChI=1S/C24H29FN6O2S/c1-13-5-8-18(17(25)9-13)27-22-21-20(14(2)23(32)29(22)4)19(12-31(24(21)33)16-6-7-16)30-10-15(11-30)28-34-26-3/h5,8-9,12,15-16,26-28H,6-7,10-11H2,1-4H3. The summed E-state index contributed by atoms with van der Waals surface area (Å²) in [6.45, 7) is 5.10. The Hall–Kier alpha value is -2.82. The van der Waals surface area contributed by atoms with Crippen LogP contribution in [0, 0.1) is 19.7 Å². The molecule has 1 saturated heterocycles. The summed E-state index contributed by atoms with van der Waals surface area (Å²) in [4.78, 5) is 29.2. The molecular formula is C24H29FN6O2S. The van der Waals surface area contributed by atoms with E-state index in [9.17, 15) is 14.0 Å². The second-order valence-corrected chi connectivity index (χ2v) is 10.0. The van der Waals surface area contributed by atoms with Crippen molar-refractivity contribution in [2.24, 2.45) is 7.05 Å². The maximum atomic E-state index is 14.7. The molecule has 180 valence electrons. The number of fused-ring (bicyclic) bond motifs is 1. The van der Waals surface area contributed by atoms with Gasteiger partial charge in [0, 0.05) is 55.5 Å². The first-order chi connectivity index (χ1) is 16.3. The van der Waals surface area contributed by atoms with E-state index in [2.05, 4.69) is 19.7 Å². The topological polar surface area (TPSA) is 83.3 Å². The zero-order valence-corrected chi connectivity index (χ0v) is 20.6. The van der Waals surface area contributed by atoms with E-state index in [0.29, 0.717) is 28.2 Å². The molecule has 0 amide bonds. The molecular weight excluding hydrogens is 455 g/mol. The smallest absolute Gasteiger partial charge is 0.262 e. The summed E-state index contributed by atoms with van der Waals surface area (Å²) >= 11 is 1.45. The molecule has 34 heavy (non-hydrogen) atoms. The van der Waals surface area contributed by atoms with E-state index >= 15 is 0 Å². The van der Waals surface area contributed by atoms with Crippen LogP contribution >= 0.6 is 12.1 Å². The lowest BCUT2D eigenvalue weighted by Gasteiger charge is -2.42. The van der Waals surface area contributed by atoms with Gasteiger partial charge >= 0.3 is 0 Å². The molecule has 0 unspecified atom stereocenters. The van der Waals surface area contributed by atoms with Crippen molar-refractivity contribution in [3.8, 4) is 0 Å². The molecule has 0 bridgehead atoms. The number of hydrogen-bond donors (Lipinski definition) is 3. The van der Waals surface area contributed by atoms with Gasteiger partial charge in [-0.3, -0.25) is 18.9 Å². The fourth-order valence-corrected chi connectivity index (χ4v) is 5.03. The van der Waals surface area contributed by atoms with Crippen molar-refractivity contribution >= 4 is 40.1 Å². The Balaban J connectivity index is 1.70. The summed E-state index contributed by atoms with van der Waals surface area (Å²) in [5, 5.41) is 4.14. The fraction of sp³-hybridized carbons (Fsp3) is 0.417. The predicted octanol–water partition coefficient (Wildman–Crippen LogP) is 3.10. The molecule has 0 radical (unpaired) electrons. The first-order valence-electron chi connectivity index (χ1n) is 11.4. The van der Waals surface area contributed by atoms with Crippen LogP contribution in [0.2, 0.25) is 0 Å². The molecule has 2 aliphatic rings. The summed E-state index contributed by atoms with van der Waals surface area (Å²) in [6, 6.07) is 5.31. The van der Waals surface area contributed by atoms with Crippen molar-refractivity contribution in [2.45, 2.75) is 38.8 Å². The van der Waals surface area contributed by atoms with Crippen LogP contribution in [0.1, 0.15) is 30.0 Å². The Morgan fingerprint density at radius 2 is 1.82 bits per heavy atom. The van der Waals surface area contributed by atoms with Crippen molar-refractivity contribution in [3.05, 3.63) is 62.0 Å². The highest BCUT2D eigenvalue weighted by atomic mass is 32.2. The third kappa shape index (κ3) is 3.89. The molecule has 3 heterocycles. The molecule has 2 fully saturated rings. The summed E-state index contributed by atoms with van der Waals surface area (Å²) in [6.07, 6.45) is 3.81. The molecule has 1 aliphatic carbocycles. The van der Waals surface area contributed by atoms with Crippen LogP contribution in [0.25, 0.3) is 10.8 Å². The van der Waals surface area contributed by atoms with Gasteiger partial charge in [0.2, 0.25) is 0 Å². The Bertz CT molecular complexity index is 1390. The molecule has 0 spiro atoms. The minimum atomic E-state index is -0.432. The lowest BCUT2D eigenvalue weighted by Crippen LogP contribution is -2.57. The summed E-state index contributed by atoms with van der Waals surface area (Å²) in [5.74, 6) is -0.117. The number of nitrogens with zero attached hydrogens (tertiary/aromatic N) is 3. The molecule has 8 nitrogen and oxygen atoms in total. The quantitative estimate of drug-likeness (QED) is 0.445. The van der Waals surface area contributed by atoms with Gasteiger partial charge in [-0.25, -0.2) is 9.11 Å². The van der Waals surface area contributed by atoms with Crippen molar-refractivity contribution in [1.82, 2.24) is 18.6 Å². The van der Waals surface area contributed by atoms with Gasteiger partial charge in [0.25, 0.3) is 11.1 Å². The van der Waals surface area contributed by atoms with E-state index in [1.807, 2.05) is 20.2 Å². The molecule has 3 N–H and O–H groups in total. The van der Waals surface area contributed by atoms with Crippen molar-refractivity contribution < 1.29 is 4.39 Å². The van der Waals surface area contributed by atoms with Gasteiger partial charge in [-0.15, -0.1) is 0 Å². The van der Waals surface area contributed by atoms with Crippen LogP contribution < -0.4 is 30.8 Å². The summed E-state index contributed by atoms with van der Waals surface area (Å²) in [7, 11) is 3.48. The number of hydrogen-bond acceptors (Lipinski definition) is 7. The van der Waals surface area contributed by atoms with Gasteiger partial charge < -0.3 is 14.8 Å². The second kappa shape index (κ2) is 8.75. The molecule has 2 aromatic heterocycles. The third-order valence-corrected chi connectivity index (χ3v) is 7.31. The van der Waals surface area contributed by atoms with Crippen LogP contribution in [-0.4, -0.2) is 35.3 Å². The highest BCUT2D eigenvalue weighted by molar-refractivity contribution is 7.95. The first kappa shape index (κ1) is 22.9. The van der Waals surface area contributed by atoms with E-state index in [1.54, 1.807) is 30.7 Å². The fourth-order valence-electron chi connectivity index (χ4n) is 4.60. The Morgan fingerprint density at radius 3 is 2.47 bits per heavy atom. The maximum absolute atomic E-state index is 14.7. The number of pyridine rings is 2. The van der Waals surface area contributed by atoms with Gasteiger partial charge in [-0.1, -0.05) is 6.07 Å². The van der Waals surface area contributed by atoms with E-state index < -0.39 is 5.82 Å². The van der Waals surface area contributed by atoms with Crippen molar-refractivity contribution in [2.75, 3.05) is 30.4 Å². The van der Waals surface area contributed by atoms with Crippen LogP contribution in [0.4, 0.5) is 21.6 Å². The Kier molecular flexibility index (Phi) is 5.91. The lowest BCUT2D eigenvalue weighted by molar-refractivity contribution is 0.491. The average Bonchev–Trinajstić information content (AvgIpc) is 3.61. The second-order valence-electron chi connectivity index (χ2n) is 9.18. The molecule has 1 aliphatic heterocycles. The van der Waals surface area contributed by atoms with E-state index in [-0.39, 0.29) is 22.8 Å². The lowest BCUT2D eigenvalue weighted by atomic mass is 10.0. The van der Waals surface area contributed by atoms with E-state index in [1.165, 1.54) is 22.8 Å². The number of aromatic nitrogens is 2. The monoisotopic (exact) mass is 484 g/mol. The number of rotatable bonds is 7. The minimum Gasteiger partial charge on any atom is -0.366 e. The van der Waals surface area contributed by atoms with Crippen molar-refractivity contribution in [3.63, 3.8) is 0 Å². The van der Waals surface area contributed by atoms with Gasteiger partial charge in [0.1, 0.15) is 11.6 Å². The molecule has 0 atom stereocenters. The zero-order valence-electron chi connectivity index (χ0n) is 19.7. The third-order valence-electron chi connectivity index (χ3n) is 6.66. The largest absolute Gasteiger partial charge is 0.366 e. The Labute approximate surface area is 201 Å². The number of halogens is 1. The molecule has 1 aromatic carbocycles. The van der Waals surface area contributed by atoms with Gasteiger partial charge in [-0.05, 0) is 51.4 Å². The van der Waals surface area contributed by atoms with Gasteiger partial charge in [0.05, 0.1) is 22.8 Å². The van der Waals surface area contributed by atoms with E-state index in [0.717, 1.165) is 37.2 Å². The zero-order chi connectivity index (χ0) is 24.1. The number of benzene rings is 1. The van der Waals surface area contributed by atoms with Gasteiger partial charge in [0.15, 0.2) is 0 Å². The highest BCUT2D eigenvalue weighted by Gasteiger charge is 2.33. The number of nitrogens with one attached hydrogen (secondary N) is 3. The summed E-state index contributed by atoms with van der Waals surface area (Å²) in [5.41, 5.74) is 2.04. The van der Waals surface area contributed by atoms with Crippen LogP contribution in [0.3, 0.4) is 0 Å². The Morgan fingerprint density at radius 1 is 1.09 bits per heavy atom. The van der Waals surface area contributed by atoms with E-state index in [4.69, 9.17) is 0 Å². The minimum absolute atomic E-state index is 0.157. The van der Waals surface area contributed by atoms with Crippen LogP contribution in [0.5, 0.6) is 0 Å². The molecule has 5 rings (SSSR count). The molecule has 10 heteroatoms. The van der Waals surface area contributed by atoms with Crippen LogP contribution in [0.15, 0.2) is 34.0 Å².